The van der Waals surface area contributed by atoms with Gasteiger partial charge in [0, 0.05) is 18.9 Å². The van der Waals surface area contributed by atoms with Gasteiger partial charge >= 0.3 is 5.97 Å². The number of nitrogens with zero attached hydrogens (tertiary/aromatic N) is 3. The van der Waals surface area contributed by atoms with Crippen molar-refractivity contribution in [1.29, 1.82) is 0 Å². The molecule has 26 heavy (non-hydrogen) atoms. The predicted octanol–water partition coefficient (Wildman–Crippen LogP) is 3.49. The fourth-order valence-corrected chi connectivity index (χ4v) is 3.44. The third kappa shape index (κ3) is 3.83. The van der Waals surface area contributed by atoms with Gasteiger partial charge in [-0.1, -0.05) is 0 Å². The molecular formula is C19H17N3O3S. The number of carbonyl (C=O) groups is 2. The van der Waals surface area contributed by atoms with E-state index in [4.69, 9.17) is 0 Å². The second-order valence-electron chi connectivity index (χ2n) is 5.37. The third-order valence-electron chi connectivity index (χ3n) is 3.72. The number of rotatable bonds is 4. The van der Waals surface area contributed by atoms with Crippen LogP contribution < -0.4 is 0 Å². The quantitative estimate of drug-likeness (QED) is 0.611. The van der Waals surface area contributed by atoms with Crippen LogP contribution in [0.25, 0.3) is 6.08 Å². The summed E-state index contributed by atoms with van der Waals surface area (Å²) in [6.07, 6.45) is 5.21. The number of aliphatic imine (C=N–C) groups is 1. The fourth-order valence-electron chi connectivity index (χ4n) is 2.38. The smallest absolute Gasteiger partial charge is 0.337 e. The molecular weight excluding hydrogens is 350 g/mol. The molecule has 1 aliphatic rings. The van der Waals surface area contributed by atoms with E-state index in [0.29, 0.717) is 27.9 Å². The molecule has 1 aromatic heterocycles. The van der Waals surface area contributed by atoms with Gasteiger partial charge in [-0.3, -0.25) is 14.7 Å². The zero-order chi connectivity index (χ0) is 18.5. The summed E-state index contributed by atoms with van der Waals surface area (Å²) in [4.78, 5) is 34.9. The molecule has 1 fully saturated rings. The maximum Gasteiger partial charge on any atom is 0.337 e. The first kappa shape index (κ1) is 17.9. The van der Waals surface area contributed by atoms with Crippen LogP contribution in [0.2, 0.25) is 0 Å². The van der Waals surface area contributed by atoms with E-state index in [-0.39, 0.29) is 5.91 Å². The predicted molar refractivity (Wildman–Crippen MR) is 102 cm³/mol. The summed E-state index contributed by atoms with van der Waals surface area (Å²) in [7, 11) is 1.34. The zero-order valence-electron chi connectivity index (χ0n) is 14.4. The second kappa shape index (κ2) is 7.97. The van der Waals surface area contributed by atoms with Crippen molar-refractivity contribution in [2.45, 2.75) is 6.92 Å². The first-order valence-corrected chi connectivity index (χ1v) is 8.82. The van der Waals surface area contributed by atoms with E-state index in [1.54, 1.807) is 41.6 Å². The Morgan fingerprint density at radius 3 is 2.54 bits per heavy atom. The van der Waals surface area contributed by atoms with Crippen molar-refractivity contribution in [2.24, 2.45) is 4.99 Å². The molecule has 0 radical (unpaired) electrons. The lowest BCUT2D eigenvalue weighted by molar-refractivity contribution is -0.122. The van der Waals surface area contributed by atoms with Crippen molar-refractivity contribution in [1.82, 2.24) is 9.88 Å². The number of esters is 1. The summed E-state index contributed by atoms with van der Waals surface area (Å²) in [6.45, 7) is 2.43. The van der Waals surface area contributed by atoms with Crippen LogP contribution in [0.5, 0.6) is 0 Å². The number of amidine groups is 1. The Balaban J connectivity index is 1.87. The van der Waals surface area contributed by atoms with Crippen molar-refractivity contribution in [3.8, 4) is 0 Å². The van der Waals surface area contributed by atoms with Crippen LogP contribution in [0.4, 0.5) is 5.69 Å². The lowest BCUT2D eigenvalue weighted by atomic mass is 10.2. The number of methoxy groups -OCH3 is 1. The second-order valence-corrected chi connectivity index (χ2v) is 6.38. The first-order valence-electron chi connectivity index (χ1n) is 8.01. The maximum atomic E-state index is 12.6. The normalized spacial score (nSPS) is 17.2. The molecule has 3 rings (SSSR count). The minimum atomic E-state index is -0.396. The van der Waals surface area contributed by atoms with Gasteiger partial charge in [-0.15, -0.1) is 0 Å². The van der Waals surface area contributed by atoms with Crippen LogP contribution >= 0.6 is 11.8 Å². The van der Waals surface area contributed by atoms with Crippen LogP contribution in [0.1, 0.15) is 22.8 Å². The molecule has 0 aliphatic carbocycles. The molecule has 0 spiro atoms. The number of hydrogen-bond acceptors (Lipinski definition) is 6. The Labute approximate surface area is 155 Å². The summed E-state index contributed by atoms with van der Waals surface area (Å²) in [6, 6.07) is 10.4. The van der Waals surface area contributed by atoms with E-state index < -0.39 is 5.97 Å². The number of hydrogen-bond donors (Lipinski definition) is 0. The lowest BCUT2D eigenvalue weighted by Gasteiger charge is -2.12. The van der Waals surface area contributed by atoms with Crippen molar-refractivity contribution in [2.75, 3.05) is 13.7 Å². The fraction of sp³-hybridized carbons (Fsp3) is 0.158. The average molecular weight is 367 g/mol. The molecule has 1 amide bonds. The number of aromatic nitrogens is 1. The average Bonchev–Trinajstić information content (AvgIpc) is 2.96. The monoisotopic (exact) mass is 367 g/mol. The molecule has 0 saturated carbocycles. The standard InChI is InChI=1S/C19H17N3O3S/c1-3-22-17(23)16(12-13-8-10-20-11-9-13)26-19(22)21-15-6-4-14(5-7-15)18(24)25-2/h4-12H,3H2,1-2H3/b16-12+,21-19?. The van der Waals surface area contributed by atoms with Gasteiger partial charge in [0.15, 0.2) is 5.17 Å². The van der Waals surface area contributed by atoms with Crippen LogP contribution in [-0.4, -0.2) is 40.6 Å². The number of thioether (sulfide) groups is 1. The number of pyridine rings is 1. The van der Waals surface area contributed by atoms with E-state index >= 15 is 0 Å². The van der Waals surface area contributed by atoms with E-state index in [1.807, 2.05) is 25.1 Å². The van der Waals surface area contributed by atoms with Crippen molar-refractivity contribution >= 4 is 40.6 Å². The summed E-state index contributed by atoms with van der Waals surface area (Å²) < 4.78 is 4.69. The highest BCUT2D eigenvalue weighted by atomic mass is 32.2. The van der Waals surface area contributed by atoms with E-state index in [1.165, 1.54) is 18.9 Å². The Bertz CT molecular complexity index is 877. The molecule has 7 heteroatoms. The van der Waals surface area contributed by atoms with Gasteiger partial charge in [0.2, 0.25) is 0 Å². The molecule has 1 saturated heterocycles. The molecule has 0 atom stereocenters. The van der Waals surface area contributed by atoms with Crippen LogP contribution in [0.15, 0.2) is 58.7 Å². The van der Waals surface area contributed by atoms with Gasteiger partial charge in [0.05, 0.1) is 23.3 Å². The van der Waals surface area contributed by atoms with Gasteiger partial charge in [0.25, 0.3) is 5.91 Å². The van der Waals surface area contributed by atoms with Gasteiger partial charge in [-0.05, 0) is 66.7 Å². The Morgan fingerprint density at radius 2 is 1.92 bits per heavy atom. The molecule has 0 unspecified atom stereocenters. The summed E-state index contributed by atoms with van der Waals surface area (Å²) in [5, 5.41) is 0.614. The topological polar surface area (TPSA) is 71.9 Å². The van der Waals surface area contributed by atoms with Crippen molar-refractivity contribution < 1.29 is 14.3 Å². The Hall–Kier alpha value is -2.93. The highest BCUT2D eigenvalue weighted by Crippen LogP contribution is 2.33. The van der Waals surface area contributed by atoms with Crippen LogP contribution in [0.3, 0.4) is 0 Å². The summed E-state index contributed by atoms with van der Waals surface area (Å²) in [5.41, 5.74) is 2.03. The molecule has 132 valence electrons. The largest absolute Gasteiger partial charge is 0.465 e. The SMILES string of the molecule is CCN1C(=O)/C(=C\c2ccncc2)SC1=Nc1ccc(C(=O)OC)cc1. The molecule has 6 nitrogen and oxygen atoms in total. The van der Waals surface area contributed by atoms with Crippen LogP contribution in [-0.2, 0) is 9.53 Å². The van der Waals surface area contributed by atoms with Crippen LogP contribution in [0, 0.1) is 0 Å². The molecule has 0 N–H and O–H groups in total. The number of amides is 1. The molecule has 2 aromatic rings. The van der Waals surface area contributed by atoms with E-state index in [0.717, 1.165) is 5.56 Å². The molecule has 2 heterocycles. The van der Waals surface area contributed by atoms with Crippen molar-refractivity contribution in [3.63, 3.8) is 0 Å². The van der Waals surface area contributed by atoms with Crippen molar-refractivity contribution in [3.05, 3.63) is 64.8 Å². The molecule has 0 bridgehead atoms. The van der Waals surface area contributed by atoms with Gasteiger partial charge in [-0.25, -0.2) is 9.79 Å². The summed E-state index contributed by atoms with van der Waals surface area (Å²) in [5.74, 6) is -0.466. The van der Waals surface area contributed by atoms with E-state index in [2.05, 4.69) is 14.7 Å². The summed E-state index contributed by atoms with van der Waals surface area (Å²) >= 11 is 1.33. The minimum absolute atomic E-state index is 0.0701. The highest BCUT2D eigenvalue weighted by molar-refractivity contribution is 8.18. The Morgan fingerprint density at radius 1 is 1.23 bits per heavy atom. The third-order valence-corrected chi connectivity index (χ3v) is 4.73. The molecule has 1 aliphatic heterocycles. The number of benzene rings is 1. The van der Waals surface area contributed by atoms with Gasteiger partial charge in [0.1, 0.15) is 0 Å². The number of carbonyl (C=O) groups excluding carboxylic acids is 2. The zero-order valence-corrected chi connectivity index (χ0v) is 15.2. The lowest BCUT2D eigenvalue weighted by Crippen LogP contribution is -2.28. The van der Waals surface area contributed by atoms with E-state index in [9.17, 15) is 9.59 Å². The minimum Gasteiger partial charge on any atom is -0.465 e. The maximum absolute atomic E-state index is 12.6. The number of ether oxygens (including phenoxy) is 1. The first-order chi connectivity index (χ1) is 12.6. The molecule has 1 aromatic carbocycles. The highest BCUT2D eigenvalue weighted by Gasteiger charge is 2.32. The number of likely N-dealkylation sites (N-methyl/N-ethyl adjacent to an activating group) is 1. The van der Waals surface area contributed by atoms with Gasteiger partial charge in [-0.2, -0.15) is 0 Å². The van der Waals surface area contributed by atoms with Gasteiger partial charge < -0.3 is 4.74 Å². The Kier molecular flexibility index (Phi) is 5.48.